The fraction of sp³-hybridized carbons (Fsp3) is 0.200. The maximum Gasteiger partial charge on any atom is 0.352 e. The van der Waals surface area contributed by atoms with E-state index in [0.29, 0.717) is 5.75 Å². The lowest BCUT2D eigenvalue weighted by Gasteiger charge is -2.12. The van der Waals surface area contributed by atoms with Gasteiger partial charge in [0.05, 0.1) is 11.0 Å². The van der Waals surface area contributed by atoms with E-state index < -0.39 is 4.92 Å². The zero-order valence-electron chi connectivity index (χ0n) is 11.6. The normalized spacial score (nSPS) is 10.4. The van der Waals surface area contributed by atoms with Gasteiger partial charge in [0, 0.05) is 0 Å². The van der Waals surface area contributed by atoms with Gasteiger partial charge in [0.25, 0.3) is 0 Å². The number of benzene rings is 2. The van der Waals surface area contributed by atoms with Gasteiger partial charge >= 0.3 is 5.69 Å². The first kappa shape index (κ1) is 14.6. The maximum atomic E-state index is 11.3. The molecule has 0 unspecified atom stereocenters. The van der Waals surface area contributed by atoms with E-state index in [4.69, 9.17) is 9.47 Å². The molecule has 0 amide bonds. The van der Waals surface area contributed by atoms with E-state index in [1.807, 2.05) is 0 Å². The molecule has 0 spiro atoms. The van der Waals surface area contributed by atoms with E-state index >= 15 is 0 Å². The molecule has 0 bridgehead atoms. The van der Waals surface area contributed by atoms with Gasteiger partial charge < -0.3 is 14.6 Å². The molecule has 0 saturated heterocycles. The Morgan fingerprint density at radius 2 is 1.71 bits per heavy atom. The summed E-state index contributed by atoms with van der Waals surface area (Å²) < 4.78 is 11.0. The van der Waals surface area contributed by atoms with Crippen LogP contribution in [0.25, 0.3) is 0 Å². The van der Waals surface area contributed by atoms with E-state index in [0.717, 1.165) is 0 Å². The number of nitro groups is 1. The molecular formula is C15H15NO5. The molecule has 110 valence electrons. The summed E-state index contributed by atoms with van der Waals surface area (Å²) in [4.78, 5) is 10.7. The van der Waals surface area contributed by atoms with Crippen LogP contribution in [-0.4, -0.2) is 16.1 Å². The first-order chi connectivity index (χ1) is 9.97. The fourth-order valence-corrected chi connectivity index (χ4v) is 1.75. The molecule has 0 saturated carbocycles. The van der Waals surface area contributed by atoms with Gasteiger partial charge in [0.2, 0.25) is 11.5 Å². The third-order valence-corrected chi connectivity index (χ3v) is 2.57. The van der Waals surface area contributed by atoms with Gasteiger partial charge in [-0.2, -0.15) is 0 Å². The van der Waals surface area contributed by atoms with Crippen LogP contribution in [-0.2, 0) is 0 Å². The Hall–Kier alpha value is -2.76. The van der Waals surface area contributed by atoms with E-state index in [9.17, 15) is 15.2 Å². The standard InChI is InChI=1S/C15H15NO5/c1-10(2)20-13-4-3-5-14(15(13)16(18)19)21-12-8-6-11(17)7-9-12/h3-10,17H,1-2H3. The summed E-state index contributed by atoms with van der Waals surface area (Å²) in [5, 5.41) is 20.5. The van der Waals surface area contributed by atoms with Crippen LogP contribution in [0.5, 0.6) is 23.0 Å². The third kappa shape index (κ3) is 3.62. The molecule has 1 N–H and O–H groups in total. The lowest BCUT2D eigenvalue weighted by Crippen LogP contribution is -2.07. The van der Waals surface area contributed by atoms with Gasteiger partial charge in [-0.15, -0.1) is 0 Å². The van der Waals surface area contributed by atoms with Gasteiger partial charge in [0.1, 0.15) is 11.5 Å². The van der Waals surface area contributed by atoms with Crippen molar-refractivity contribution in [3.63, 3.8) is 0 Å². The molecule has 0 heterocycles. The number of nitro benzene ring substituents is 1. The molecule has 0 aliphatic rings. The molecule has 2 aromatic carbocycles. The molecule has 0 aliphatic heterocycles. The predicted octanol–water partition coefficient (Wildman–Crippen LogP) is 3.88. The van der Waals surface area contributed by atoms with Crippen molar-refractivity contribution in [2.24, 2.45) is 0 Å². The van der Waals surface area contributed by atoms with E-state index in [2.05, 4.69) is 0 Å². The first-order valence-electron chi connectivity index (χ1n) is 6.38. The number of para-hydroxylation sites is 1. The third-order valence-electron chi connectivity index (χ3n) is 2.57. The van der Waals surface area contributed by atoms with Crippen molar-refractivity contribution in [2.45, 2.75) is 20.0 Å². The summed E-state index contributed by atoms with van der Waals surface area (Å²) in [5.41, 5.74) is -0.223. The Bertz CT molecular complexity index is 637. The van der Waals surface area contributed by atoms with Gasteiger partial charge in [-0.05, 0) is 50.2 Å². The largest absolute Gasteiger partial charge is 0.508 e. The van der Waals surface area contributed by atoms with E-state index in [1.165, 1.54) is 36.4 Å². The zero-order chi connectivity index (χ0) is 15.4. The summed E-state index contributed by atoms with van der Waals surface area (Å²) >= 11 is 0. The van der Waals surface area contributed by atoms with Crippen LogP contribution < -0.4 is 9.47 Å². The SMILES string of the molecule is CC(C)Oc1cccc(Oc2ccc(O)cc2)c1[N+](=O)[O-]. The summed E-state index contributed by atoms with van der Waals surface area (Å²) in [5.74, 6) is 0.724. The molecule has 0 atom stereocenters. The van der Waals surface area contributed by atoms with Gasteiger partial charge in [-0.25, -0.2) is 0 Å². The highest BCUT2D eigenvalue weighted by Crippen LogP contribution is 2.39. The van der Waals surface area contributed by atoms with Gasteiger partial charge in [-0.3, -0.25) is 10.1 Å². The Labute approximate surface area is 121 Å². The molecule has 0 aliphatic carbocycles. The van der Waals surface area contributed by atoms with Gasteiger partial charge in [0.15, 0.2) is 0 Å². The van der Waals surface area contributed by atoms with Crippen molar-refractivity contribution in [2.75, 3.05) is 0 Å². The minimum atomic E-state index is -0.534. The van der Waals surface area contributed by atoms with Crippen LogP contribution >= 0.6 is 0 Å². The molecule has 0 aromatic heterocycles. The number of phenolic OH excluding ortho intramolecular Hbond substituents is 1. The average Bonchev–Trinajstić information content (AvgIpc) is 2.40. The number of phenols is 1. The summed E-state index contributed by atoms with van der Waals surface area (Å²) in [7, 11) is 0. The number of nitrogens with zero attached hydrogens (tertiary/aromatic N) is 1. The highest BCUT2D eigenvalue weighted by atomic mass is 16.6. The molecule has 6 heteroatoms. The average molecular weight is 289 g/mol. The number of rotatable bonds is 5. The Morgan fingerprint density at radius 1 is 1.10 bits per heavy atom. The van der Waals surface area contributed by atoms with Crippen molar-refractivity contribution in [3.8, 4) is 23.0 Å². The second-order valence-electron chi connectivity index (χ2n) is 4.62. The molecule has 2 aromatic rings. The maximum absolute atomic E-state index is 11.3. The molecule has 0 fully saturated rings. The molecule has 21 heavy (non-hydrogen) atoms. The van der Waals surface area contributed by atoms with Crippen LogP contribution in [0.3, 0.4) is 0 Å². The number of hydrogen-bond donors (Lipinski definition) is 1. The predicted molar refractivity (Wildman–Crippen MR) is 77.0 cm³/mol. The molecule has 6 nitrogen and oxygen atoms in total. The number of ether oxygens (including phenoxy) is 2. The lowest BCUT2D eigenvalue weighted by molar-refractivity contribution is -0.386. The summed E-state index contributed by atoms with van der Waals surface area (Å²) in [6.07, 6.45) is -0.187. The van der Waals surface area contributed by atoms with Crippen molar-refractivity contribution >= 4 is 5.69 Å². The van der Waals surface area contributed by atoms with Crippen molar-refractivity contribution in [1.82, 2.24) is 0 Å². The quantitative estimate of drug-likeness (QED) is 0.667. The second kappa shape index (κ2) is 6.13. The number of aromatic hydroxyl groups is 1. The van der Waals surface area contributed by atoms with Crippen LogP contribution in [0.4, 0.5) is 5.69 Å². The van der Waals surface area contributed by atoms with Crippen molar-refractivity contribution < 1.29 is 19.5 Å². The highest BCUT2D eigenvalue weighted by Gasteiger charge is 2.23. The Morgan fingerprint density at radius 3 is 2.29 bits per heavy atom. The molecule has 2 rings (SSSR count). The first-order valence-corrected chi connectivity index (χ1v) is 6.38. The topological polar surface area (TPSA) is 81.8 Å². The van der Waals surface area contributed by atoms with Crippen LogP contribution in [0.15, 0.2) is 42.5 Å². The van der Waals surface area contributed by atoms with E-state index in [-0.39, 0.29) is 29.0 Å². The Balaban J connectivity index is 2.38. The fourth-order valence-electron chi connectivity index (χ4n) is 1.75. The van der Waals surface area contributed by atoms with Crippen molar-refractivity contribution in [1.29, 1.82) is 0 Å². The second-order valence-corrected chi connectivity index (χ2v) is 4.62. The number of hydrogen-bond acceptors (Lipinski definition) is 5. The van der Waals surface area contributed by atoms with Crippen LogP contribution in [0, 0.1) is 10.1 Å². The monoisotopic (exact) mass is 289 g/mol. The van der Waals surface area contributed by atoms with Crippen molar-refractivity contribution in [3.05, 3.63) is 52.6 Å². The summed E-state index contributed by atoms with van der Waals surface area (Å²) in [6.45, 7) is 3.58. The minimum absolute atomic E-state index is 0.0869. The summed E-state index contributed by atoms with van der Waals surface area (Å²) in [6, 6.07) is 10.6. The lowest BCUT2D eigenvalue weighted by atomic mass is 10.2. The smallest absolute Gasteiger partial charge is 0.352 e. The Kier molecular flexibility index (Phi) is 4.27. The minimum Gasteiger partial charge on any atom is -0.508 e. The van der Waals surface area contributed by atoms with Crippen LogP contribution in [0.2, 0.25) is 0 Å². The van der Waals surface area contributed by atoms with Crippen LogP contribution in [0.1, 0.15) is 13.8 Å². The van der Waals surface area contributed by atoms with Gasteiger partial charge in [-0.1, -0.05) is 6.07 Å². The molecular weight excluding hydrogens is 274 g/mol. The highest BCUT2D eigenvalue weighted by molar-refractivity contribution is 5.58. The van der Waals surface area contributed by atoms with E-state index in [1.54, 1.807) is 19.9 Å². The molecule has 0 radical (unpaired) electrons. The zero-order valence-corrected chi connectivity index (χ0v) is 11.6.